The molecular formula is C10H16N2O6S. The number of hydrogen-bond acceptors (Lipinski definition) is 6. The maximum atomic E-state index is 11.7. The molecule has 0 spiro atoms. The molecule has 0 radical (unpaired) electrons. The number of carbonyl (C=O) groups is 1. The smallest absolute Gasteiger partial charge is 0.287 e. The Morgan fingerprint density at radius 1 is 1.37 bits per heavy atom. The van der Waals surface area contributed by atoms with Gasteiger partial charge in [-0.05, 0) is 19.2 Å². The van der Waals surface area contributed by atoms with Crippen molar-refractivity contribution in [2.24, 2.45) is 0 Å². The van der Waals surface area contributed by atoms with E-state index in [9.17, 15) is 13.2 Å². The highest BCUT2D eigenvalue weighted by molar-refractivity contribution is 7.89. The average Bonchev–Trinajstić information content (AvgIpc) is 2.90. The van der Waals surface area contributed by atoms with Crippen molar-refractivity contribution in [3.05, 3.63) is 17.9 Å². The maximum Gasteiger partial charge on any atom is 0.287 e. The predicted octanol–water partition coefficient (Wildman–Crippen LogP) is -0.464. The monoisotopic (exact) mass is 292 g/mol. The zero-order valence-electron chi connectivity index (χ0n) is 10.8. The summed E-state index contributed by atoms with van der Waals surface area (Å²) in [6.45, 7) is 0.112. The van der Waals surface area contributed by atoms with E-state index in [0.717, 1.165) is 0 Å². The summed E-state index contributed by atoms with van der Waals surface area (Å²) in [5.74, 6) is -0.670. The summed E-state index contributed by atoms with van der Waals surface area (Å²) in [5, 5.41) is 2.16. The molecule has 1 heterocycles. The van der Waals surface area contributed by atoms with Gasteiger partial charge < -0.3 is 19.2 Å². The molecule has 0 saturated carbocycles. The molecule has 0 aliphatic heterocycles. The summed E-state index contributed by atoms with van der Waals surface area (Å²) >= 11 is 0. The van der Waals surface area contributed by atoms with Gasteiger partial charge in [-0.15, -0.1) is 0 Å². The Bertz CT molecular complexity index is 520. The number of hydrogen-bond donors (Lipinski definition) is 2. The number of amides is 1. The molecular weight excluding hydrogens is 276 g/mol. The van der Waals surface area contributed by atoms with Crippen molar-refractivity contribution in [1.29, 1.82) is 0 Å². The Labute approximate surface area is 111 Å². The minimum absolute atomic E-state index is 0.111. The van der Waals surface area contributed by atoms with Crippen molar-refractivity contribution >= 4 is 15.9 Å². The summed E-state index contributed by atoms with van der Waals surface area (Å²) in [4.78, 5) is 11.7. The van der Waals surface area contributed by atoms with E-state index in [1.807, 2.05) is 0 Å². The fourth-order valence-electron chi connectivity index (χ4n) is 1.21. The lowest BCUT2D eigenvalue weighted by molar-refractivity contribution is -0.0975. The lowest BCUT2D eigenvalue weighted by Gasteiger charge is -2.13. The normalized spacial score (nSPS) is 11.8. The summed E-state index contributed by atoms with van der Waals surface area (Å²) in [6.07, 6.45) is -0.584. The van der Waals surface area contributed by atoms with Gasteiger partial charge in [0.2, 0.25) is 5.09 Å². The van der Waals surface area contributed by atoms with E-state index in [2.05, 4.69) is 10.0 Å². The van der Waals surface area contributed by atoms with Crippen LogP contribution in [-0.4, -0.2) is 48.4 Å². The first kappa shape index (κ1) is 15.6. The van der Waals surface area contributed by atoms with Crippen LogP contribution in [0.3, 0.4) is 0 Å². The average molecular weight is 292 g/mol. The lowest BCUT2D eigenvalue weighted by Crippen LogP contribution is -2.33. The third-order valence-corrected chi connectivity index (χ3v) is 3.58. The predicted molar refractivity (Wildman–Crippen MR) is 65.1 cm³/mol. The van der Waals surface area contributed by atoms with Crippen LogP contribution in [-0.2, 0) is 19.5 Å². The Hall–Kier alpha value is -1.42. The van der Waals surface area contributed by atoms with Gasteiger partial charge in [-0.25, -0.2) is 13.1 Å². The topological polar surface area (TPSA) is 107 Å². The van der Waals surface area contributed by atoms with Crippen LogP contribution in [0.2, 0.25) is 0 Å². The zero-order chi connectivity index (χ0) is 14.5. The number of methoxy groups -OCH3 is 2. The van der Waals surface area contributed by atoms with E-state index in [1.54, 1.807) is 0 Å². The van der Waals surface area contributed by atoms with Gasteiger partial charge in [0.15, 0.2) is 12.1 Å². The molecule has 1 rings (SSSR count). The van der Waals surface area contributed by atoms with Gasteiger partial charge in [-0.2, -0.15) is 0 Å². The van der Waals surface area contributed by atoms with Crippen molar-refractivity contribution in [3.63, 3.8) is 0 Å². The van der Waals surface area contributed by atoms with Crippen molar-refractivity contribution in [2.75, 3.05) is 27.8 Å². The Morgan fingerprint density at radius 2 is 2.00 bits per heavy atom. The van der Waals surface area contributed by atoms with Crippen LogP contribution in [0.15, 0.2) is 21.6 Å². The van der Waals surface area contributed by atoms with Crippen LogP contribution >= 0.6 is 0 Å². The molecule has 0 fully saturated rings. The molecule has 0 aliphatic rings. The number of nitrogens with one attached hydrogen (secondary N) is 2. The van der Waals surface area contributed by atoms with Crippen LogP contribution in [0.4, 0.5) is 0 Å². The molecule has 0 saturated heterocycles. The molecule has 0 aromatic carbocycles. The number of rotatable bonds is 7. The molecule has 0 unspecified atom stereocenters. The first-order valence-electron chi connectivity index (χ1n) is 5.31. The van der Waals surface area contributed by atoms with Crippen LogP contribution in [0.25, 0.3) is 0 Å². The van der Waals surface area contributed by atoms with Gasteiger partial charge in [-0.3, -0.25) is 4.79 Å². The molecule has 19 heavy (non-hydrogen) atoms. The minimum Gasteiger partial charge on any atom is -0.438 e. The molecule has 0 aliphatic carbocycles. The van der Waals surface area contributed by atoms with Crippen molar-refractivity contribution in [1.82, 2.24) is 10.0 Å². The summed E-state index contributed by atoms with van der Waals surface area (Å²) in [7, 11) is 0.423. The second-order valence-electron chi connectivity index (χ2n) is 3.44. The number of carbonyl (C=O) groups excluding carboxylic acids is 1. The number of furan rings is 1. The lowest BCUT2D eigenvalue weighted by atomic mass is 10.4. The first-order valence-corrected chi connectivity index (χ1v) is 6.80. The Balaban J connectivity index is 2.69. The molecule has 8 nitrogen and oxygen atoms in total. The van der Waals surface area contributed by atoms with Crippen LogP contribution < -0.4 is 10.0 Å². The molecule has 1 aromatic heterocycles. The highest BCUT2D eigenvalue weighted by atomic mass is 32.2. The van der Waals surface area contributed by atoms with Gasteiger partial charge >= 0.3 is 0 Å². The molecule has 1 amide bonds. The second-order valence-corrected chi connectivity index (χ2v) is 5.25. The molecule has 2 N–H and O–H groups in total. The molecule has 9 heteroatoms. The van der Waals surface area contributed by atoms with Crippen molar-refractivity contribution in [3.8, 4) is 0 Å². The molecule has 1 aromatic rings. The Morgan fingerprint density at radius 3 is 2.53 bits per heavy atom. The van der Waals surface area contributed by atoms with Crippen molar-refractivity contribution < 1.29 is 27.1 Å². The van der Waals surface area contributed by atoms with Gasteiger partial charge in [0.25, 0.3) is 15.9 Å². The molecule has 108 valence electrons. The standard InChI is InChI=1S/C10H16N2O6S/c1-11-19(14,15)9-5-4-7(18-9)10(13)12-6-8(16-2)17-3/h4-5,8,11H,6H2,1-3H3,(H,12,13). The quantitative estimate of drug-likeness (QED) is 0.658. The second kappa shape index (κ2) is 6.66. The van der Waals surface area contributed by atoms with Crippen LogP contribution in [0.5, 0.6) is 0 Å². The van der Waals surface area contributed by atoms with E-state index in [0.29, 0.717) is 0 Å². The van der Waals surface area contributed by atoms with Crippen molar-refractivity contribution in [2.45, 2.75) is 11.4 Å². The summed E-state index contributed by atoms with van der Waals surface area (Å²) in [6, 6.07) is 2.47. The van der Waals surface area contributed by atoms with E-state index in [4.69, 9.17) is 13.9 Å². The maximum absolute atomic E-state index is 11.7. The SMILES string of the molecule is CNS(=O)(=O)c1ccc(C(=O)NCC(OC)OC)o1. The molecule has 0 atom stereocenters. The van der Waals surface area contributed by atoms with E-state index < -0.39 is 22.2 Å². The molecule has 0 bridgehead atoms. The fraction of sp³-hybridized carbons (Fsp3) is 0.500. The highest BCUT2D eigenvalue weighted by Gasteiger charge is 2.19. The van der Waals surface area contributed by atoms with Crippen LogP contribution in [0.1, 0.15) is 10.6 Å². The third kappa shape index (κ3) is 4.03. The van der Waals surface area contributed by atoms with E-state index in [-0.39, 0.29) is 17.4 Å². The minimum atomic E-state index is -3.70. The largest absolute Gasteiger partial charge is 0.438 e. The third-order valence-electron chi connectivity index (χ3n) is 2.29. The summed E-state index contributed by atoms with van der Waals surface area (Å²) < 4.78 is 39.7. The van der Waals surface area contributed by atoms with Gasteiger partial charge in [0.1, 0.15) is 0 Å². The van der Waals surface area contributed by atoms with Crippen LogP contribution in [0, 0.1) is 0 Å². The number of sulfonamides is 1. The van der Waals surface area contributed by atoms with Gasteiger partial charge in [-0.1, -0.05) is 0 Å². The van der Waals surface area contributed by atoms with Gasteiger partial charge in [0.05, 0.1) is 6.54 Å². The van der Waals surface area contributed by atoms with Gasteiger partial charge in [0, 0.05) is 14.2 Å². The first-order chi connectivity index (χ1) is 8.94. The Kier molecular flexibility index (Phi) is 5.48. The van der Waals surface area contributed by atoms with E-state index >= 15 is 0 Å². The summed E-state index contributed by atoms with van der Waals surface area (Å²) in [5.41, 5.74) is 0. The zero-order valence-corrected chi connectivity index (χ0v) is 11.6. The van der Waals surface area contributed by atoms with E-state index in [1.165, 1.54) is 33.4 Å². The highest BCUT2D eigenvalue weighted by Crippen LogP contribution is 2.13. The number of ether oxygens (including phenoxy) is 2. The fourth-order valence-corrected chi connectivity index (χ4v) is 1.86.